The fraction of sp³-hybridized carbons (Fsp3) is 0.444. The Bertz CT molecular complexity index is 287. The summed E-state index contributed by atoms with van der Waals surface area (Å²) in [6.45, 7) is 1.65. The normalized spacial score (nSPS) is 12.1. The minimum atomic E-state index is -0.451. The molecule has 5 heteroatoms. The molecule has 5 nitrogen and oxygen atoms in total. The van der Waals surface area contributed by atoms with Crippen molar-refractivity contribution in [1.29, 1.82) is 0 Å². The van der Waals surface area contributed by atoms with Crippen LogP contribution in [0.4, 0.5) is 5.69 Å². The highest BCUT2D eigenvalue weighted by atomic mass is 16.3. The molecule has 1 aromatic heterocycles. The van der Waals surface area contributed by atoms with Crippen LogP contribution in [0, 0.1) is 0 Å². The van der Waals surface area contributed by atoms with E-state index >= 15 is 0 Å². The third kappa shape index (κ3) is 3.95. The van der Waals surface area contributed by atoms with E-state index in [1.807, 2.05) is 0 Å². The molecule has 1 heterocycles. The molecule has 76 valence electrons. The minimum absolute atomic E-state index is 0.138. The van der Waals surface area contributed by atoms with Gasteiger partial charge in [0.1, 0.15) is 6.33 Å². The Balaban J connectivity index is 2.35. The van der Waals surface area contributed by atoms with Crippen molar-refractivity contribution in [2.45, 2.75) is 25.9 Å². The number of aliphatic hydroxyl groups excluding tert-OH is 1. The maximum absolute atomic E-state index is 11.2. The lowest BCUT2D eigenvalue weighted by atomic mass is 10.2. The average molecular weight is 195 g/mol. The molecule has 2 N–H and O–H groups in total. The molecule has 0 bridgehead atoms. The number of carbonyl (C=O) groups is 1. The smallest absolute Gasteiger partial charge is 0.224 e. The zero-order chi connectivity index (χ0) is 10.4. The van der Waals surface area contributed by atoms with Gasteiger partial charge in [-0.05, 0) is 13.3 Å². The highest BCUT2D eigenvalue weighted by molar-refractivity contribution is 5.90. The van der Waals surface area contributed by atoms with Gasteiger partial charge in [-0.25, -0.2) is 9.97 Å². The van der Waals surface area contributed by atoms with E-state index in [0.717, 1.165) is 0 Å². The maximum Gasteiger partial charge on any atom is 0.224 e. The van der Waals surface area contributed by atoms with Crippen LogP contribution in [-0.4, -0.2) is 27.1 Å². The Hall–Kier alpha value is -1.49. The van der Waals surface area contributed by atoms with Crippen molar-refractivity contribution in [2.75, 3.05) is 5.32 Å². The van der Waals surface area contributed by atoms with Gasteiger partial charge in [0, 0.05) is 6.42 Å². The second-order valence-electron chi connectivity index (χ2n) is 3.06. The molecule has 0 radical (unpaired) electrons. The van der Waals surface area contributed by atoms with Crippen molar-refractivity contribution in [3.63, 3.8) is 0 Å². The Morgan fingerprint density at radius 2 is 2.21 bits per heavy atom. The van der Waals surface area contributed by atoms with Crippen LogP contribution in [0.3, 0.4) is 0 Å². The van der Waals surface area contributed by atoms with Gasteiger partial charge in [-0.2, -0.15) is 0 Å². The number of hydrogen-bond acceptors (Lipinski definition) is 4. The third-order valence-electron chi connectivity index (χ3n) is 1.63. The summed E-state index contributed by atoms with van der Waals surface area (Å²) in [7, 11) is 0. The monoisotopic (exact) mass is 195 g/mol. The largest absolute Gasteiger partial charge is 0.393 e. The molecule has 0 aliphatic rings. The quantitative estimate of drug-likeness (QED) is 0.736. The van der Waals surface area contributed by atoms with E-state index < -0.39 is 6.10 Å². The van der Waals surface area contributed by atoms with Gasteiger partial charge in [-0.1, -0.05) is 0 Å². The number of amides is 1. The molecular formula is C9H13N3O2. The predicted octanol–water partition coefficient (Wildman–Crippen LogP) is 0.576. The Kier molecular flexibility index (Phi) is 4.00. The number of hydrogen-bond donors (Lipinski definition) is 2. The number of nitrogens with zero attached hydrogens (tertiary/aromatic N) is 2. The fourth-order valence-corrected chi connectivity index (χ4v) is 0.927. The van der Waals surface area contributed by atoms with Crippen LogP contribution in [0.25, 0.3) is 0 Å². The van der Waals surface area contributed by atoms with E-state index in [4.69, 9.17) is 5.11 Å². The lowest BCUT2D eigenvalue weighted by molar-refractivity contribution is -0.116. The van der Waals surface area contributed by atoms with Gasteiger partial charge < -0.3 is 10.4 Å². The first-order chi connectivity index (χ1) is 6.68. The maximum atomic E-state index is 11.2. The van der Waals surface area contributed by atoms with Crippen LogP contribution in [0.5, 0.6) is 0 Å². The van der Waals surface area contributed by atoms with Gasteiger partial charge in [-0.15, -0.1) is 0 Å². The van der Waals surface area contributed by atoms with Crippen molar-refractivity contribution in [1.82, 2.24) is 9.97 Å². The van der Waals surface area contributed by atoms with Crippen LogP contribution in [0.1, 0.15) is 19.8 Å². The summed E-state index contributed by atoms with van der Waals surface area (Å²) in [4.78, 5) is 18.8. The molecular weight excluding hydrogens is 182 g/mol. The van der Waals surface area contributed by atoms with E-state index in [0.29, 0.717) is 18.5 Å². The number of aliphatic hydroxyl groups is 1. The molecule has 0 saturated carbocycles. The number of rotatable bonds is 4. The van der Waals surface area contributed by atoms with E-state index in [1.165, 1.54) is 18.7 Å². The number of aromatic nitrogens is 2. The molecule has 1 unspecified atom stereocenters. The van der Waals surface area contributed by atoms with Gasteiger partial charge in [0.2, 0.25) is 5.91 Å². The van der Waals surface area contributed by atoms with Crippen molar-refractivity contribution in [3.8, 4) is 0 Å². The lowest BCUT2D eigenvalue weighted by Gasteiger charge is -2.05. The van der Waals surface area contributed by atoms with Gasteiger partial charge >= 0.3 is 0 Å². The van der Waals surface area contributed by atoms with E-state index in [1.54, 1.807) is 6.92 Å². The highest BCUT2D eigenvalue weighted by Gasteiger charge is 2.04. The summed E-state index contributed by atoms with van der Waals surface area (Å²) in [6, 6.07) is 0. The molecule has 0 spiro atoms. The molecule has 0 fully saturated rings. The second-order valence-corrected chi connectivity index (χ2v) is 3.06. The SMILES string of the molecule is CC(O)CCC(=O)Nc1cncnc1. The van der Waals surface area contributed by atoms with Crippen LogP contribution >= 0.6 is 0 Å². The van der Waals surface area contributed by atoms with Gasteiger partial charge in [0.15, 0.2) is 0 Å². The zero-order valence-corrected chi connectivity index (χ0v) is 7.97. The molecule has 1 amide bonds. The molecule has 0 aliphatic heterocycles. The molecule has 0 saturated heterocycles. The van der Waals surface area contributed by atoms with Crippen LogP contribution in [0.15, 0.2) is 18.7 Å². The molecule has 1 aromatic rings. The van der Waals surface area contributed by atoms with Crippen LogP contribution < -0.4 is 5.32 Å². The molecule has 0 aromatic carbocycles. The summed E-state index contributed by atoms with van der Waals surface area (Å²) in [5, 5.41) is 11.6. The average Bonchev–Trinajstić information content (AvgIpc) is 2.16. The fourth-order valence-electron chi connectivity index (χ4n) is 0.927. The first kappa shape index (κ1) is 10.6. The minimum Gasteiger partial charge on any atom is -0.393 e. The van der Waals surface area contributed by atoms with E-state index in [-0.39, 0.29) is 5.91 Å². The standard InChI is InChI=1S/C9H13N3O2/c1-7(13)2-3-9(14)12-8-4-10-6-11-5-8/h4-7,13H,2-3H2,1H3,(H,12,14). The van der Waals surface area contributed by atoms with Crippen molar-refractivity contribution in [3.05, 3.63) is 18.7 Å². The number of carbonyl (C=O) groups excluding carboxylic acids is 1. The second kappa shape index (κ2) is 5.29. The summed E-state index contributed by atoms with van der Waals surface area (Å²) in [5.74, 6) is -0.138. The summed E-state index contributed by atoms with van der Waals surface area (Å²) < 4.78 is 0. The third-order valence-corrected chi connectivity index (χ3v) is 1.63. The topological polar surface area (TPSA) is 75.1 Å². The van der Waals surface area contributed by atoms with E-state index in [2.05, 4.69) is 15.3 Å². The summed E-state index contributed by atoms with van der Waals surface area (Å²) in [5.41, 5.74) is 0.572. The molecule has 1 atom stereocenters. The summed E-state index contributed by atoms with van der Waals surface area (Å²) in [6.07, 6.45) is 4.74. The zero-order valence-electron chi connectivity index (χ0n) is 7.97. The Morgan fingerprint density at radius 3 is 2.79 bits per heavy atom. The van der Waals surface area contributed by atoms with Crippen LogP contribution in [-0.2, 0) is 4.79 Å². The predicted molar refractivity (Wildman–Crippen MR) is 51.6 cm³/mol. The van der Waals surface area contributed by atoms with Crippen molar-refractivity contribution in [2.24, 2.45) is 0 Å². The Morgan fingerprint density at radius 1 is 1.57 bits per heavy atom. The molecule has 1 rings (SSSR count). The van der Waals surface area contributed by atoms with Crippen LogP contribution in [0.2, 0.25) is 0 Å². The first-order valence-electron chi connectivity index (χ1n) is 4.41. The number of nitrogens with one attached hydrogen (secondary N) is 1. The van der Waals surface area contributed by atoms with Gasteiger partial charge in [0.05, 0.1) is 24.2 Å². The first-order valence-corrected chi connectivity index (χ1v) is 4.41. The van der Waals surface area contributed by atoms with Crippen molar-refractivity contribution >= 4 is 11.6 Å². The van der Waals surface area contributed by atoms with E-state index in [9.17, 15) is 4.79 Å². The van der Waals surface area contributed by atoms with Gasteiger partial charge in [-0.3, -0.25) is 4.79 Å². The highest BCUT2D eigenvalue weighted by Crippen LogP contribution is 2.03. The summed E-state index contributed by atoms with van der Waals surface area (Å²) >= 11 is 0. The van der Waals surface area contributed by atoms with Gasteiger partial charge in [0.25, 0.3) is 0 Å². The lowest BCUT2D eigenvalue weighted by Crippen LogP contribution is -2.14. The molecule has 14 heavy (non-hydrogen) atoms. The Labute approximate surface area is 82.2 Å². The van der Waals surface area contributed by atoms with Crippen molar-refractivity contribution < 1.29 is 9.90 Å². The number of anilines is 1. The molecule has 0 aliphatic carbocycles.